The van der Waals surface area contributed by atoms with E-state index in [4.69, 9.17) is 22.3 Å². The third-order valence-corrected chi connectivity index (χ3v) is 5.94. The Hall–Kier alpha value is -1.34. The topological polar surface area (TPSA) is 54.0 Å². The van der Waals surface area contributed by atoms with Crippen molar-refractivity contribution < 1.29 is 14.3 Å². The second kappa shape index (κ2) is 9.44. The van der Waals surface area contributed by atoms with Gasteiger partial charge < -0.3 is 24.0 Å². The summed E-state index contributed by atoms with van der Waals surface area (Å²) in [5.74, 6) is 1.19. The molecular formula is C21H35N3O3S. The molecule has 2 atom stereocenters. The van der Waals surface area contributed by atoms with Crippen LogP contribution in [-0.2, 0) is 9.47 Å². The molecule has 0 aromatic carbocycles. The minimum Gasteiger partial charge on any atom is -0.444 e. The lowest BCUT2D eigenvalue weighted by molar-refractivity contribution is 0.0205. The molecule has 7 heteroatoms. The van der Waals surface area contributed by atoms with Gasteiger partial charge in [0.2, 0.25) is 0 Å². The van der Waals surface area contributed by atoms with Crippen molar-refractivity contribution >= 4 is 18.9 Å². The molecule has 3 rings (SSSR count). The summed E-state index contributed by atoms with van der Waals surface area (Å²) in [4.78, 5) is 13.9. The van der Waals surface area contributed by atoms with Crippen molar-refractivity contribution in [2.24, 2.45) is 0 Å². The van der Waals surface area contributed by atoms with Crippen molar-refractivity contribution in [3.63, 3.8) is 0 Å². The molecular weight excluding hydrogens is 374 g/mol. The summed E-state index contributed by atoms with van der Waals surface area (Å²) in [6.45, 7) is 8.68. The van der Waals surface area contributed by atoms with Gasteiger partial charge in [-0.15, -0.1) is 0 Å². The van der Waals surface area contributed by atoms with E-state index in [1.807, 2.05) is 20.8 Å². The van der Waals surface area contributed by atoms with Gasteiger partial charge >= 0.3 is 6.09 Å². The maximum atomic E-state index is 12.1. The van der Waals surface area contributed by atoms with E-state index in [2.05, 4.69) is 21.8 Å². The van der Waals surface area contributed by atoms with Gasteiger partial charge in [-0.05, 0) is 64.9 Å². The fraction of sp³-hybridized carbons (Fsp3) is 0.762. The van der Waals surface area contributed by atoms with Gasteiger partial charge in [0.05, 0.1) is 12.6 Å². The lowest BCUT2D eigenvalue weighted by Gasteiger charge is -2.37. The zero-order valence-electron chi connectivity index (χ0n) is 17.4. The molecule has 1 fully saturated rings. The fourth-order valence-corrected chi connectivity index (χ4v) is 4.39. The van der Waals surface area contributed by atoms with E-state index >= 15 is 0 Å². The number of nitrogens with zero attached hydrogens (tertiary/aromatic N) is 2. The molecule has 3 aliphatic rings. The minimum atomic E-state index is -0.448. The summed E-state index contributed by atoms with van der Waals surface area (Å²) in [5, 5.41) is 3.44. The number of hydrogen-bond acceptors (Lipinski definition) is 6. The number of ether oxygens (including phenoxy) is 2. The predicted octanol–water partition coefficient (Wildman–Crippen LogP) is 3.86. The first kappa shape index (κ1) is 21.4. The monoisotopic (exact) mass is 409 g/mol. The summed E-state index contributed by atoms with van der Waals surface area (Å²) in [6.07, 6.45) is 10.8. The van der Waals surface area contributed by atoms with Crippen molar-refractivity contribution in [2.45, 2.75) is 77.0 Å². The van der Waals surface area contributed by atoms with Crippen LogP contribution in [0.15, 0.2) is 23.5 Å². The number of carbonyl (C=O) groups excluding carboxylic acids is 1. The Kier molecular flexibility index (Phi) is 7.20. The SMILES string of the molecule is CC(C)(C)OC(=O)N1CCC(OCCCCC2CCC3=C(NCC=C3)N2S)C1. The smallest absolute Gasteiger partial charge is 0.410 e. The quantitative estimate of drug-likeness (QED) is 0.515. The Morgan fingerprint density at radius 2 is 2.14 bits per heavy atom. The molecule has 158 valence electrons. The van der Waals surface area contributed by atoms with E-state index in [0.717, 1.165) is 58.2 Å². The van der Waals surface area contributed by atoms with Crippen LogP contribution in [0.1, 0.15) is 59.3 Å². The Morgan fingerprint density at radius 1 is 1.32 bits per heavy atom. The number of dihydropyridines is 1. The summed E-state index contributed by atoms with van der Waals surface area (Å²) in [6, 6.07) is 0.482. The van der Waals surface area contributed by atoms with E-state index in [1.165, 1.54) is 11.4 Å². The van der Waals surface area contributed by atoms with Crippen molar-refractivity contribution in [2.75, 3.05) is 26.2 Å². The highest BCUT2D eigenvalue weighted by Gasteiger charge is 2.30. The first-order chi connectivity index (χ1) is 13.3. The molecule has 0 bridgehead atoms. The molecule has 0 aromatic heterocycles. The molecule has 1 saturated heterocycles. The van der Waals surface area contributed by atoms with Crippen LogP contribution < -0.4 is 5.32 Å². The standard InChI is InChI=1S/C21H35N3O3S/c1-21(2,3)27-20(25)23-13-11-18(15-23)26-14-5-4-8-17-10-9-16-7-6-12-22-19(16)24(17)28/h6-7,17-18,22,28H,4-5,8-15H2,1-3H3. The van der Waals surface area contributed by atoms with E-state index in [9.17, 15) is 4.79 Å². The van der Waals surface area contributed by atoms with Crippen molar-refractivity contribution in [3.05, 3.63) is 23.5 Å². The van der Waals surface area contributed by atoms with Crippen LogP contribution in [-0.4, -0.2) is 59.3 Å². The summed E-state index contributed by atoms with van der Waals surface area (Å²) in [5.41, 5.74) is 0.924. The number of carbonyl (C=O) groups is 1. The predicted molar refractivity (Wildman–Crippen MR) is 114 cm³/mol. The van der Waals surface area contributed by atoms with Crippen LogP contribution in [0.25, 0.3) is 0 Å². The zero-order chi connectivity index (χ0) is 20.1. The number of unbranched alkanes of at least 4 members (excludes halogenated alkanes) is 1. The first-order valence-electron chi connectivity index (χ1n) is 10.5. The van der Waals surface area contributed by atoms with Crippen LogP contribution in [0.3, 0.4) is 0 Å². The minimum absolute atomic E-state index is 0.134. The highest BCUT2D eigenvalue weighted by atomic mass is 32.1. The van der Waals surface area contributed by atoms with Gasteiger partial charge in [-0.2, -0.15) is 0 Å². The van der Waals surface area contributed by atoms with E-state index in [-0.39, 0.29) is 12.2 Å². The molecule has 28 heavy (non-hydrogen) atoms. The van der Waals surface area contributed by atoms with Gasteiger partial charge in [-0.25, -0.2) is 4.79 Å². The van der Waals surface area contributed by atoms with Gasteiger partial charge in [0.25, 0.3) is 0 Å². The normalized spacial score (nSPS) is 25.0. The molecule has 1 amide bonds. The Balaban J connectivity index is 1.30. The molecule has 6 nitrogen and oxygen atoms in total. The average molecular weight is 410 g/mol. The highest BCUT2D eigenvalue weighted by molar-refractivity contribution is 7.77. The van der Waals surface area contributed by atoms with Gasteiger partial charge in [0.1, 0.15) is 11.4 Å². The molecule has 0 aromatic rings. The number of thiol groups is 1. The lowest BCUT2D eigenvalue weighted by atomic mass is 9.95. The highest BCUT2D eigenvalue weighted by Crippen LogP contribution is 2.31. The molecule has 0 saturated carbocycles. The number of amides is 1. The van der Waals surface area contributed by atoms with E-state index in [1.54, 1.807) is 4.90 Å². The Morgan fingerprint density at radius 3 is 2.93 bits per heavy atom. The number of likely N-dealkylation sites (tertiary alicyclic amines) is 1. The summed E-state index contributed by atoms with van der Waals surface area (Å²) in [7, 11) is 0. The number of allylic oxidation sites excluding steroid dienone is 2. The van der Waals surface area contributed by atoms with Crippen LogP contribution in [0, 0.1) is 0 Å². The van der Waals surface area contributed by atoms with Gasteiger partial charge in [-0.1, -0.05) is 25.0 Å². The summed E-state index contributed by atoms with van der Waals surface area (Å²) < 4.78 is 13.6. The molecule has 1 N–H and O–H groups in total. The van der Waals surface area contributed by atoms with Crippen LogP contribution >= 0.6 is 12.8 Å². The Bertz CT molecular complexity index is 615. The van der Waals surface area contributed by atoms with Crippen molar-refractivity contribution in [1.82, 2.24) is 14.5 Å². The third-order valence-electron chi connectivity index (χ3n) is 5.41. The molecule has 0 radical (unpaired) electrons. The van der Waals surface area contributed by atoms with Gasteiger partial charge in [0, 0.05) is 25.7 Å². The molecule has 0 spiro atoms. The fourth-order valence-electron chi connectivity index (χ4n) is 3.96. The largest absolute Gasteiger partial charge is 0.444 e. The number of rotatable bonds is 6. The maximum Gasteiger partial charge on any atom is 0.410 e. The maximum absolute atomic E-state index is 12.1. The zero-order valence-corrected chi connectivity index (χ0v) is 18.3. The van der Waals surface area contributed by atoms with Crippen molar-refractivity contribution in [3.8, 4) is 0 Å². The second-order valence-corrected chi connectivity index (χ2v) is 9.33. The average Bonchev–Trinajstić information content (AvgIpc) is 3.11. The Labute approximate surface area is 174 Å². The molecule has 0 aliphatic carbocycles. The van der Waals surface area contributed by atoms with Crippen molar-refractivity contribution in [1.29, 1.82) is 0 Å². The molecule has 3 heterocycles. The number of hydrogen-bond donors (Lipinski definition) is 2. The van der Waals surface area contributed by atoms with E-state index < -0.39 is 5.60 Å². The molecule has 3 aliphatic heterocycles. The van der Waals surface area contributed by atoms with Crippen LogP contribution in [0.4, 0.5) is 4.79 Å². The second-order valence-electron chi connectivity index (χ2n) is 8.90. The van der Waals surface area contributed by atoms with E-state index in [0.29, 0.717) is 12.6 Å². The third kappa shape index (κ3) is 5.83. The lowest BCUT2D eigenvalue weighted by Crippen LogP contribution is -2.39. The van der Waals surface area contributed by atoms with Crippen LogP contribution in [0.2, 0.25) is 0 Å². The molecule has 2 unspecified atom stereocenters. The van der Waals surface area contributed by atoms with Crippen LogP contribution in [0.5, 0.6) is 0 Å². The van der Waals surface area contributed by atoms with Gasteiger partial charge in [0.15, 0.2) is 0 Å². The first-order valence-corrected chi connectivity index (χ1v) is 10.9. The van der Waals surface area contributed by atoms with Gasteiger partial charge in [-0.3, -0.25) is 0 Å². The number of nitrogens with one attached hydrogen (secondary N) is 1. The summed E-state index contributed by atoms with van der Waals surface area (Å²) >= 11 is 4.73.